The average Bonchev–Trinajstić information content (AvgIpc) is 2.72. The van der Waals surface area contributed by atoms with Crippen LogP contribution in [0.4, 0.5) is 11.4 Å². The number of nitrogens with two attached hydrogens (primary N) is 2. The lowest BCUT2D eigenvalue weighted by atomic mass is 10.1. The molecule has 6 N–H and O–H groups in total. The van der Waals surface area contributed by atoms with Crippen LogP contribution in [0.2, 0.25) is 0 Å². The van der Waals surface area contributed by atoms with E-state index in [4.69, 9.17) is 11.5 Å². The molecule has 0 heterocycles. The fourth-order valence-corrected chi connectivity index (χ4v) is 3.36. The van der Waals surface area contributed by atoms with E-state index in [2.05, 4.69) is 33.2 Å². The number of rotatable bonds is 6. The second-order valence-electron chi connectivity index (χ2n) is 6.58. The van der Waals surface area contributed by atoms with Crippen LogP contribution < -0.4 is 22.1 Å². The van der Waals surface area contributed by atoms with Gasteiger partial charge in [-0.3, -0.25) is 9.59 Å². The van der Waals surface area contributed by atoms with Gasteiger partial charge in [0, 0.05) is 39.2 Å². The summed E-state index contributed by atoms with van der Waals surface area (Å²) in [5.41, 5.74) is 15.4. The summed E-state index contributed by atoms with van der Waals surface area (Å²) in [6.45, 7) is 0.756. The van der Waals surface area contributed by atoms with Crippen molar-refractivity contribution in [1.82, 2.24) is 10.6 Å². The van der Waals surface area contributed by atoms with E-state index in [-0.39, 0.29) is 11.8 Å². The van der Waals surface area contributed by atoms with E-state index < -0.39 is 0 Å². The molecule has 0 saturated carbocycles. The van der Waals surface area contributed by atoms with Crippen LogP contribution in [-0.4, -0.2) is 11.8 Å². The molecule has 7 heteroatoms. The Hall–Kier alpha value is -3.07. The Morgan fingerprint density at radius 1 is 0.690 bits per heavy atom. The van der Waals surface area contributed by atoms with Gasteiger partial charge in [-0.1, -0.05) is 24.3 Å². The van der Waals surface area contributed by atoms with Crippen molar-refractivity contribution in [2.45, 2.75) is 13.1 Å². The minimum Gasteiger partial charge on any atom is -0.399 e. The third kappa shape index (κ3) is 5.95. The molecule has 29 heavy (non-hydrogen) atoms. The summed E-state index contributed by atoms with van der Waals surface area (Å²) in [4.78, 5) is 25.1. The van der Waals surface area contributed by atoms with Crippen LogP contribution in [0.5, 0.6) is 0 Å². The number of nitrogen functional groups attached to an aromatic ring is 2. The van der Waals surface area contributed by atoms with Gasteiger partial charge in [-0.25, -0.2) is 0 Å². The summed E-state index contributed by atoms with van der Waals surface area (Å²) in [5, 5.41) is 5.73. The van der Waals surface area contributed by atoms with E-state index in [0.29, 0.717) is 35.6 Å². The average molecular weight is 500 g/mol. The molecule has 0 radical (unpaired) electrons. The first kappa shape index (κ1) is 20.7. The highest BCUT2D eigenvalue weighted by Crippen LogP contribution is 2.14. The van der Waals surface area contributed by atoms with Crippen molar-refractivity contribution in [2.75, 3.05) is 11.5 Å². The maximum absolute atomic E-state index is 12.5. The van der Waals surface area contributed by atoms with Crippen molar-refractivity contribution in [3.8, 4) is 0 Å². The molecule has 3 rings (SSSR count). The number of halogens is 1. The van der Waals surface area contributed by atoms with Crippen molar-refractivity contribution < 1.29 is 9.59 Å². The molecule has 0 aliphatic rings. The lowest BCUT2D eigenvalue weighted by Crippen LogP contribution is -2.25. The van der Waals surface area contributed by atoms with Gasteiger partial charge in [-0.15, -0.1) is 0 Å². The molecule has 0 aromatic heterocycles. The van der Waals surface area contributed by atoms with Crippen molar-refractivity contribution >= 4 is 45.8 Å². The topological polar surface area (TPSA) is 110 Å². The molecule has 0 spiro atoms. The molecular formula is C22H21IN4O2. The van der Waals surface area contributed by atoms with E-state index in [0.717, 1.165) is 14.7 Å². The van der Waals surface area contributed by atoms with E-state index >= 15 is 0 Å². The summed E-state index contributed by atoms with van der Waals surface area (Å²) in [6, 6.07) is 19.7. The fraction of sp³-hybridized carbons (Fsp3) is 0.0909. The molecule has 2 amide bonds. The summed E-state index contributed by atoms with van der Waals surface area (Å²) < 4.78 is 0.806. The number of benzene rings is 3. The fourth-order valence-electron chi connectivity index (χ4n) is 2.69. The molecule has 0 saturated heterocycles. The van der Waals surface area contributed by atoms with Gasteiger partial charge in [0.05, 0.1) is 0 Å². The van der Waals surface area contributed by atoms with Crippen LogP contribution in [-0.2, 0) is 13.1 Å². The third-order valence-electron chi connectivity index (χ3n) is 4.29. The van der Waals surface area contributed by atoms with Gasteiger partial charge in [0.25, 0.3) is 11.8 Å². The normalized spacial score (nSPS) is 10.4. The molecule has 0 fully saturated rings. The van der Waals surface area contributed by atoms with Crippen LogP contribution in [0, 0.1) is 3.57 Å². The lowest BCUT2D eigenvalue weighted by Gasteiger charge is -2.10. The van der Waals surface area contributed by atoms with Gasteiger partial charge >= 0.3 is 0 Å². The second-order valence-corrected chi connectivity index (χ2v) is 7.82. The molecule has 148 valence electrons. The zero-order valence-electron chi connectivity index (χ0n) is 15.6. The Balaban J connectivity index is 1.64. The first-order chi connectivity index (χ1) is 13.9. The van der Waals surface area contributed by atoms with Gasteiger partial charge in [0.2, 0.25) is 0 Å². The van der Waals surface area contributed by atoms with Gasteiger partial charge < -0.3 is 22.1 Å². The molecule has 0 unspecified atom stereocenters. The van der Waals surface area contributed by atoms with Gasteiger partial charge in [0.15, 0.2) is 0 Å². The Labute approximate surface area is 182 Å². The minimum atomic E-state index is -0.243. The number of hydrogen-bond donors (Lipinski definition) is 4. The number of carbonyl (C=O) groups excluding carboxylic acids is 2. The van der Waals surface area contributed by atoms with Crippen LogP contribution >= 0.6 is 22.6 Å². The van der Waals surface area contributed by atoms with Gasteiger partial charge in [-0.05, 0) is 76.2 Å². The first-order valence-electron chi connectivity index (χ1n) is 8.96. The number of nitrogens with one attached hydrogen (secondary N) is 2. The largest absolute Gasteiger partial charge is 0.399 e. The molecule has 3 aromatic rings. The Morgan fingerprint density at radius 3 is 1.45 bits per heavy atom. The maximum Gasteiger partial charge on any atom is 0.251 e. The summed E-state index contributed by atoms with van der Waals surface area (Å²) in [6.07, 6.45) is 0. The predicted octanol–water partition coefficient (Wildman–Crippen LogP) is 3.32. The summed E-state index contributed by atoms with van der Waals surface area (Å²) in [7, 11) is 0. The number of amides is 2. The molecule has 6 nitrogen and oxygen atoms in total. The highest BCUT2D eigenvalue weighted by Gasteiger charge is 2.12. The smallest absolute Gasteiger partial charge is 0.251 e. The molecule has 0 atom stereocenters. The Morgan fingerprint density at radius 2 is 1.07 bits per heavy atom. The van der Waals surface area contributed by atoms with Crippen LogP contribution in [0.1, 0.15) is 31.8 Å². The summed E-state index contributed by atoms with van der Waals surface area (Å²) >= 11 is 2.10. The van der Waals surface area contributed by atoms with Gasteiger partial charge in [-0.2, -0.15) is 0 Å². The Bertz CT molecular complexity index is 938. The molecular weight excluding hydrogens is 479 g/mol. The zero-order chi connectivity index (χ0) is 20.8. The van der Waals surface area contributed by atoms with E-state index in [1.807, 2.05) is 24.3 Å². The quantitative estimate of drug-likeness (QED) is 0.308. The highest BCUT2D eigenvalue weighted by molar-refractivity contribution is 14.1. The number of carbonyl (C=O) groups is 2. The van der Waals surface area contributed by atoms with Crippen LogP contribution in [0.3, 0.4) is 0 Å². The monoisotopic (exact) mass is 500 g/mol. The maximum atomic E-state index is 12.5. The van der Waals surface area contributed by atoms with E-state index in [1.54, 1.807) is 42.5 Å². The number of hydrogen-bond acceptors (Lipinski definition) is 4. The zero-order valence-corrected chi connectivity index (χ0v) is 17.8. The standard InChI is InChI=1S/C22H21IN4O2/c23-18-10-16(21(28)26-12-14-1-5-19(24)6-2-14)9-17(11-18)22(29)27-13-15-3-7-20(25)8-4-15/h1-11H,12-13,24-25H2,(H,26,28)(H,27,29). The number of anilines is 2. The lowest BCUT2D eigenvalue weighted by molar-refractivity contribution is 0.0950. The van der Waals surface area contributed by atoms with Crippen molar-refractivity contribution in [3.63, 3.8) is 0 Å². The van der Waals surface area contributed by atoms with Crippen molar-refractivity contribution in [3.05, 3.63) is 92.6 Å². The minimum absolute atomic E-state index is 0.243. The molecule has 3 aromatic carbocycles. The molecule has 0 bridgehead atoms. The van der Waals surface area contributed by atoms with Crippen molar-refractivity contribution in [2.24, 2.45) is 0 Å². The first-order valence-corrected chi connectivity index (χ1v) is 10.0. The van der Waals surface area contributed by atoms with E-state index in [1.165, 1.54) is 0 Å². The summed E-state index contributed by atoms with van der Waals surface area (Å²) in [5.74, 6) is -0.485. The predicted molar refractivity (Wildman–Crippen MR) is 123 cm³/mol. The third-order valence-corrected chi connectivity index (χ3v) is 4.91. The second kappa shape index (κ2) is 9.42. The van der Waals surface area contributed by atoms with E-state index in [9.17, 15) is 9.59 Å². The molecule has 0 aliphatic carbocycles. The van der Waals surface area contributed by atoms with Crippen LogP contribution in [0.25, 0.3) is 0 Å². The van der Waals surface area contributed by atoms with Crippen LogP contribution in [0.15, 0.2) is 66.7 Å². The highest BCUT2D eigenvalue weighted by atomic mass is 127. The van der Waals surface area contributed by atoms with Crippen molar-refractivity contribution in [1.29, 1.82) is 0 Å². The SMILES string of the molecule is Nc1ccc(CNC(=O)c2cc(I)cc(C(=O)NCc3ccc(N)cc3)c2)cc1. The van der Waals surface area contributed by atoms with Gasteiger partial charge in [0.1, 0.15) is 0 Å². The Kier molecular flexibility index (Phi) is 6.71. The molecule has 0 aliphatic heterocycles.